The first kappa shape index (κ1) is 24.2. The number of benzene rings is 2. The molecule has 2 aromatic carbocycles. The molecule has 0 aliphatic carbocycles. The fraction of sp³-hybridized carbons (Fsp3) is 0.348. The molecule has 2 saturated heterocycles. The van der Waals surface area contributed by atoms with E-state index in [4.69, 9.17) is 4.74 Å². The Balaban J connectivity index is 1.39. The third kappa shape index (κ3) is 4.95. The monoisotopic (exact) mass is 547 g/mol. The molecule has 0 radical (unpaired) electrons. The summed E-state index contributed by atoms with van der Waals surface area (Å²) in [5, 5.41) is 13.2. The number of nitro groups is 1. The summed E-state index contributed by atoms with van der Waals surface area (Å²) in [6, 6.07) is 13.4. The standard InChI is InChI=1S/C23H22BrN3O6S/c1-23(24)13-34-21-18(25-17(28)11-14-5-3-2-4-6-14)20(29)26(21)19(23)22(30)33-12-15-7-9-16(10-8-15)27(31)32/h2-10,18-19,21H,11-13H2,1H3,(H,25,28)/t18?,19?,21-,23?/m1/s1. The molecule has 2 aromatic rings. The number of nitrogens with zero attached hydrogens (tertiary/aromatic N) is 2. The third-order valence-electron chi connectivity index (χ3n) is 5.74. The van der Waals surface area contributed by atoms with Crippen molar-refractivity contribution in [3.63, 3.8) is 0 Å². The summed E-state index contributed by atoms with van der Waals surface area (Å²) in [7, 11) is 0. The van der Waals surface area contributed by atoms with E-state index in [0.29, 0.717) is 11.3 Å². The van der Waals surface area contributed by atoms with Crippen molar-refractivity contribution in [3.05, 3.63) is 75.8 Å². The highest BCUT2D eigenvalue weighted by molar-refractivity contribution is 9.10. The summed E-state index contributed by atoms with van der Waals surface area (Å²) in [4.78, 5) is 50.2. The number of alkyl halides is 1. The van der Waals surface area contributed by atoms with Gasteiger partial charge in [0.1, 0.15) is 24.1 Å². The molecule has 0 aromatic heterocycles. The number of ether oxygens (including phenoxy) is 1. The molecule has 0 bridgehead atoms. The van der Waals surface area contributed by atoms with Crippen molar-refractivity contribution in [1.29, 1.82) is 0 Å². The smallest absolute Gasteiger partial charge is 0.330 e. The lowest BCUT2D eigenvalue weighted by atomic mass is 9.94. The molecule has 3 unspecified atom stereocenters. The molecular weight excluding hydrogens is 526 g/mol. The molecule has 11 heteroatoms. The van der Waals surface area contributed by atoms with Gasteiger partial charge in [0.2, 0.25) is 11.8 Å². The lowest BCUT2D eigenvalue weighted by molar-refractivity contribution is -0.384. The molecule has 1 N–H and O–H groups in total. The van der Waals surface area contributed by atoms with Crippen molar-refractivity contribution in [1.82, 2.24) is 10.2 Å². The van der Waals surface area contributed by atoms with Gasteiger partial charge in [0.25, 0.3) is 5.69 Å². The Hall–Kier alpha value is -2.92. The first-order chi connectivity index (χ1) is 16.2. The zero-order valence-electron chi connectivity index (χ0n) is 18.2. The topological polar surface area (TPSA) is 119 Å². The molecule has 2 fully saturated rings. The van der Waals surface area contributed by atoms with E-state index in [1.54, 1.807) is 0 Å². The van der Waals surface area contributed by atoms with E-state index >= 15 is 0 Å². The Morgan fingerprint density at radius 2 is 1.88 bits per heavy atom. The van der Waals surface area contributed by atoms with E-state index in [1.165, 1.54) is 40.9 Å². The summed E-state index contributed by atoms with van der Waals surface area (Å²) in [6.07, 6.45) is 0.166. The molecule has 9 nitrogen and oxygen atoms in total. The van der Waals surface area contributed by atoms with Crippen molar-refractivity contribution in [3.8, 4) is 0 Å². The SMILES string of the molecule is CC1(Br)CS[C@@H]2C(NC(=O)Cc3ccccc3)C(=O)N2C1C(=O)OCc1ccc([N+](=O)[O-])cc1. The Morgan fingerprint density at radius 1 is 1.21 bits per heavy atom. The van der Waals surface area contributed by atoms with Crippen LogP contribution in [0.1, 0.15) is 18.1 Å². The molecular formula is C23H22BrN3O6S. The molecule has 0 spiro atoms. The number of carbonyl (C=O) groups excluding carboxylic acids is 3. The number of esters is 1. The van der Waals surface area contributed by atoms with Gasteiger partial charge in [-0.05, 0) is 30.2 Å². The molecule has 34 heavy (non-hydrogen) atoms. The van der Waals surface area contributed by atoms with Gasteiger partial charge in [-0.25, -0.2) is 4.79 Å². The van der Waals surface area contributed by atoms with Gasteiger partial charge in [-0.2, -0.15) is 0 Å². The zero-order valence-corrected chi connectivity index (χ0v) is 20.6. The summed E-state index contributed by atoms with van der Waals surface area (Å²) < 4.78 is 4.76. The molecule has 2 aliphatic rings. The Bertz CT molecular complexity index is 1110. The lowest BCUT2D eigenvalue weighted by Crippen LogP contribution is -2.78. The van der Waals surface area contributed by atoms with Crippen molar-refractivity contribution >= 4 is 51.2 Å². The molecule has 178 valence electrons. The molecule has 2 heterocycles. The van der Waals surface area contributed by atoms with Crippen molar-refractivity contribution in [2.75, 3.05) is 5.75 Å². The minimum atomic E-state index is -0.869. The number of hydrogen-bond donors (Lipinski definition) is 1. The molecule has 4 rings (SSSR count). The summed E-state index contributed by atoms with van der Waals surface area (Å²) in [5.74, 6) is -0.634. The van der Waals surface area contributed by atoms with Crippen molar-refractivity contribution < 1.29 is 24.0 Å². The van der Waals surface area contributed by atoms with E-state index in [-0.39, 0.29) is 35.9 Å². The predicted octanol–water partition coefficient (Wildman–Crippen LogP) is 2.80. The number of nitrogens with one attached hydrogen (secondary N) is 1. The van der Waals surface area contributed by atoms with Gasteiger partial charge in [0, 0.05) is 17.9 Å². The number of rotatable bonds is 7. The summed E-state index contributed by atoms with van der Waals surface area (Å²) in [5.41, 5.74) is 1.39. The van der Waals surface area contributed by atoms with E-state index in [0.717, 1.165) is 5.56 Å². The van der Waals surface area contributed by atoms with Crippen molar-refractivity contribution in [2.45, 2.75) is 41.7 Å². The minimum Gasteiger partial charge on any atom is -0.459 e. The number of nitro benzene ring substituents is 1. The predicted molar refractivity (Wildman–Crippen MR) is 129 cm³/mol. The summed E-state index contributed by atoms with van der Waals surface area (Å²) >= 11 is 5.07. The van der Waals surface area contributed by atoms with Crippen LogP contribution in [-0.2, 0) is 32.1 Å². The largest absolute Gasteiger partial charge is 0.459 e. The number of non-ortho nitro benzene ring substituents is 1. The van der Waals surface area contributed by atoms with Crippen LogP contribution in [0.5, 0.6) is 0 Å². The quantitative estimate of drug-likeness (QED) is 0.186. The number of thioether (sulfide) groups is 1. The molecule has 4 atom stereocenters. The van der Waals surface area contributed by atoms with Gasteiger partial charge in [-0.1, -0.05) is 46.3 Å². The minimum absolute atomic E-state index is 0.0539. The molecule has 2 amide bonds. The highest BCUT2D eigenvalue weighted by Crippen LogP contribution is 2.46. The second-order valence-corrected chi connectivity index (χ2v) is 11.3. The van der Waals surface area contributed by atoms with E-state index in [2.05, 4.69) is 21.2 Å². The van der Waals surface area contributed by atoms with Gasteiger partial charge in [-0.3, -0.25) is 19.7 Å². The average molecular weight is 548 g/mol. The van der Waals surface area contributed by atoms with Crippen LogP contribution in [0.3, 0.4) is 0 Å². The fourth-order valence-corrected chi connectivity index (χ4v) is 6.22. The highest BCUT2D eigenvalue weighted by Gasteiger charge is 2.61. The van der Waals surface area contributed by atoms with Crippen LogP contribution in [0.2, 0.25) is 0 Å². The Kier molecular flexibility index (Phi) is 6.94. The number of halogens is 1. The number of fused-ring (bicyclic) bond motifs is 1. The van der Waals surface area contributed by atoms with E-state index in [9.17, 15) is 24.5 Å². The van der Waals surface area contributed by atoms with Crippen LogP contribution in [0.25, 0.3) is 0 Å². The van der Waals surface area contributed by atoms with Gasteiger partial charge >= 0.3 is 5.97 Å². The maximum atomic E-state index is 13.0. The first-order valence-corrected chi connectivity index (χ1v) is 12.4. The number of hydrogen-bond acceptors (Lipinski definition) is 7. The van der Waals surface area contributed by atoms with Gasteiger partial charge in [-0.15, -0.1) is 11.8 Å². The zero-order chi connectivity index (χ0) is 24.5. The van der Waals surface area contributed by atoms with Gasteiger partial charge < -0.3 is 15.0 Å². The normalized spacial score (nSPS) is 25.6. The van der Waals surface area contributed by atoms with Crippen molar-refractivity contribution in [2.24, 2.45) is 0 Å². The lowest BCUT2D eigenvalue weighted by Gasteiger charge is -2.56. The second-order valence-electron chi connectivity index (χ2n) is 8.37. The highest BCUT2D eigenvalue weighted by atomic mass is 79.9. The average Bonchev–Trinajstić information content (AvgIpc) is 2.81. The van der Waals surface area contributed by atoms with Crippen LogP contribution >= 0.6 is 27.7 Å². The van der Waals surface area contributed by atoms with Crippen LogP contribution < -0.4 is 5.32 Å². The van der Waals surface area contributed by atoms with Crippen LogP contribution in [0.15, 0.2) is 54.6 Å². The van der Waals surface area contributed by atoms with Gasteiger partial charge in [0.05, 0.1) is 15.7 Å². The van der Waals surface area contributed by atoms with E-state index < -0.39 is 27.3 Å². The third-order valence-corrected chi connectivity index (χ3v) is 8.43. The first-order valence-electron chi connectivity index (χ1n) is 10.5. The second kappa shape index (κ2) is 9.75. The van der Waals surface area contributed by atoms with Crippen LogP contribution in [0.4, 0.5) is 5.69 Å². The maximum absolute atomic E-state index is 13.0. The van der Waals surface area contributed by atoms with Gasteiger partial charge in [0.15, 0.2) is 0 Å². The number of carbonyl (C=O) groups is 3. The number of amides is 2. The van der Waals surface area contributed by atoms with E-state index in [1.807, 2.05) is 37.3 Å². The molecule has 0 saturated carbocycles. The summed E-state index contributed by atoms with van der Waals surface area (Å²) in [6.45, 7) is 1.75. The van der Waals surface area contributed by atoms with Crippen LogP contribution in [0, 0.1) is 10.1 Å². The Labute approximate surface area is 208 Å². The maximum Gasteiger partial charge on any atom is 0.330 e. The van der Waals surface area contributed by atoms with Crippen LogP contribution in [-0.4, -0.2) is 55.1 Å². The molecule has 2 aliphatic heterocycles. The number of β-lactam (4-membered cyclic amide) rings is 1. The Morgan fingerprint density at radius 3 is 2.53 bits per heavy atom. The fourth-order valence-electron chi connectivity index (χ4n) is 4.00.